The Hall–Kier alpha value is -2.10. The Labute approximate surface area is 134 Å². The van der Waals surface area contributed by atoms with Gasteiger partial charge in [0.1, 0.15) is 6.61 Å². The van der Waals surface area contributed by atoms with Gasteiger partial charge in [-0.25, -0.2) is 8.78 Å². The maximum atomic E-state index is 14.7. The van der Waals surface area contributed by atoms with E-state index < -0.39 is 11.6 Å². The van der Waals surface area contributed by atoms with E-state index in [0.717, 1.165) is 12.8 Å². The van der Waals surface area contributed by atoms with Crippen molar-refractivity contribution in [3.8, 4) is 22.6 Å². The lowest BCUT2D eigenvalue weighted by atomic mass is 9.96. The highest BCUT2D eigenvalue weighted by molar-refractivity contribution is 5.76. The molecule has 1 fully saturated rings. The van der Waals surface area contributed by atoms with Gasteiger partial charge in [-0.1, -0.05) is 25.0 Å². The molecule has 2 aromatic rings. The average molecular weight is 316 g/mol. The summed E-state index contributed by atoms with van der Waals surface area (Å²) in [4.78, 5) is 0. The molecule has 2 nitrogen and oxygen atoms in total. The fourth-order valence-corrected chi connectivity index (χ4v) is 3.50. The summed E-state index contributed by atoms with van der Waals surface area (Å²) < 4.78 is 39.6. The first kappa shape index (κ1) is 14.5. The third kappa shape index (κ3) is 2.56. The molecule has 2 aliphatic rings. The molecule has 0 radical (unpaired) electrons. The minimum Gasteiger partial charge on any atom is -0.490 e. The first-order valence-electron chi connectivity index (χ1n) is 8.10. The van der Waals surface area contributed by atoms with Crippen LogP contribution in [0.5, 0.6) is 11.5 Å². The predicted octanol–water partition coefficient (Wildman–Crippen LogP) is 5.09. The van der Waals surface area contributed by atoms with Crippen molar-refractivity contribution in [2.75, 3.05) is 6.61 Å². The van der Waals surface area contributed by atoms with E-state index in [9.17, 15) is 8.78 Å². The highest BCUT2D eigenvalue weighted by Gasteiger charge is 2.25. The molecule has 0 N–H and O–H groups in total. The van der Waals surface area contributed by atoms with Gasteiger partial charge < -0.3 is 9.47 Å². The summed E-state index contributed by atoms with van der Waals surface area (Å²) in [5, 5.41) is 0. The first-order valence-corrected chi connectivity index (χ1v) is 8.10. The van der Waals surface area contributed by atoms with Crippen molar-refractivity contribution in [3.05, 3.63) is 47.5 Å². The van der Waals surface area contributed by atoms with E-state index >= 15 is 0 Å². The van der Waals surface area contributed by atoms with Gasteiger partial charge in [0.2, 0.25) is 0 Å². The van der Waals surface area contributed by atoms with Gasteiger partial charge in [-0.3, -0.25) is 0 Å². The van der Waals surface area contributed by atoms with Crippen LogP contribution in [0.4, 0.5) is 8.78 Å². The number of ether oxygens (including phenoxy) is 2. The zero-order chi connectivity index (χ0) is 15.8. The zero-order valence-electron chi connectivity index (χ0n) is 12.8. The van der Waals surface area contributed by atoms with Crippen LogP contribution in [0.25, 0.3) is 11.1 Å². The number of fused-ring (bicyclic) bond motifs is 3. The topological polar surface area (TPSA) is 18.5 Å². The molecule has 0 spiro atoms. The van der Waals surface area contributed by atoms with Crippen LogP contribution >= 0.6 is 0 Å². The largest absolute Gasteiger partial charge is 0.490 e. The highest BCUT2D eigenvalue weighted by Crippen LogP contribution is 2.42. The number of benzene rings is 2. The van der Waals surface area contributed by atoms with E-state index in [1.165, 1.54) is 18.9 Å². The highest BCUT2D eigenvalue weighted by atomic mass is 19.1. The summed E-state index contributed by atoms with van der Waals surface area (Å²) in [7, 11) is 0. The normalized spacial score (nSPS) is 16.6. The second kappa shape index (κ2) is 5.84. The van der Waals surface area contributed by atoms with Crippen LogP contribution in [0.3, 0.4) is 0 Å². The van der Waals surface area contributed by atoms with Crippen molar-refractivity contribution in [2.45, 2.75) is 32.3 Å². The molecule has 4 rings (SSSR count). The van der Waals surface area contributed by atoms with Gasteiger partial charge in [-0.15, -0.1) is 0 Å². The molecule has 1 aliphatic heterocycles. The summed E-state index contributed by atoms with van der Waals surface area (Å²) in [6.45, 7) is 0.581. The molecule has 1 saturated carbocycles. The van der Waals surface area contributed by atoms with Crippen molar-refractivity contribution in [3.63, 3.8) is 0 Å². The maximum absolute atomic E-state index is 14.7. The Kier molecular flexibility index (Phi) is 3.68. The first-order chi connectivity index (χ1) is 11.2. The van der Waals surface area contributed by atoms with E-state index in [2.05, 4.69) is 0 Å². The van der Waals surface area contributed by atoms with E-state index in [0.29, 0.717) is 29.2 Å². The molecule has 1 aliphatic carbocycles. The molecule has 0 unspecified atom stereocenters. The summed E-state index contributed by atoms with van der Waals surface area (Å²) in [6, 6.07) is 8.13. The van der Waals surface area contributed by atoms with Gasteiger partial charge in [-0.2, -0.15) is 0 Å². The van der Waals surface area contributed by atoms with Crippen LogP contribution in [-0.2, 0) is 6.61 Å². The van der Waals surface area contributed by atoms with Crippen molar-refractivity contribution in [2.24, 2.45) is 5.92 Å². The summed E-state index contributed by atoms with van der Waals surface area (Å²) >= 11 is 0. The minimum atomic E-state index is -0.421. The van der Waals surface area contributed by atoms with Crippen LogP contribution < -0.4 is 9.47 Å². The number of hydrogen-bond acceptors (Lipinski definition) is 2. The molecular formula is C19H18F2O2. The van der Waals surface area contributed by atoms with E-state index in [-0.39, 0.29) is 18.1 Å². The molecule has 0 atom stereocenters. The summed E-state index contributed by atoms with van der Waals surface area (Å²) in [6.07, 6.45) is 4.78. The maximum Gasteiger partial charge on any atom is 0.172 e. The zero-order valence-corrected chi connectivity index (χ0v) is 12.8. The molecule has 4 heteroatoms. The van der Waals surface area contributed by atoms with Gasteiger partial charge in [0.15, 0.2) is 23.1 Å². The fraction of sp³-hybridized carbons (Fsp3) is 0.368. The minimum absolute atomic E-state index is 0.0235. The van der Waals surface area contributed by atoms with Crippen LogP contribution in [-0.4, -0.2) is 6.61 Å². The lowest BCUT2D eigenvalue weighted by molar-refractivity contribution is 0.237. The van der Waals surface area contributed by atoms with Crippen LogP contribution in [0.2, 0.25) is 0 Å². The second-order valence-electron chi connectivity index (χ2n) is 6.27. The third-order valence-electron chi connectivity index (χ3n) is 4.78. The number of rotatable bonds is 3. The van der Waals surface area contributed by atoms with Crippen LogP contribution in [0.1, 0.15) is 31.2 Å². The summed E-state index contributed by atoms with van der Waals surface area (Å²) in [5.41, 5.74) is 1.70. The lowest BCUT2D eigenvalue weighted by Gasteiger charge is -2.23. The summed E-state index contributed by atoms with van der Waals surface area (Å²) in [5.74, 6) is 0.167. The van der Waals surface area contributed by atoms with Crippen molar-refractivity contribution in [1.29, 1.82) is 0 Å². The monoisotopic (exact) mass is 316 g/mol. The number of para-hydroxylation sites is 1. The Morgan fingerprint density at radius 2 is 1.87 bits per heavy atom. The Morgan fingerprint density at radius 3 is 2.70 bits per heavy atom. The molecule has 1 heterocycles. The van der Waals surface area contributed by atoms with Gasteiger partial charge in [0.25, 0.3) is 0 Å². The SMILES string of the molecule is Fc1cccc2c1OCc1c-2ccc(OCC2CCCC2)c1F. The molecular weight excluding hydrogens is 298 g/mol. The van der Waals surface area contributed by atoms with Crippen molar-refractivity contribution < 1.29 is 18.3 Å². The van der Waals surface area contributed by atoms with Crippen LogP contribution in [0, 0.1) is 17.6 Å². The smallest absolute Gasteiger partial charge is 0.172 e. The lowest BCUT2D eigenvalue weighted by Crippen LogP contribution is -2.13. The standard InChI is InChI=1S/C19H18F2O2/c20-16-7-3-6-14-13-8-9-17(22-10-12-4-1-2-5-12)18(21)15(13)11-23-19(14)16/h3,6-9,12H,1-2,4-5,10-11H2. The average Bonchev–Trinajstić information content (AvgIpc) is 3.08. The Morgan fingerprint density at radius 1 is 1.04 bits per heavy atom. The third-order valence-corrected chi connectivity index (χ3v) is 4.78. The van der Waals surface area contributed by atoms with Gasteiger partial charge >= 0.3 is 0 Å². The second-order valence-corrected chi connectivity index (χ2v) is 6.27. The molecule has 0 saturated heterocycles. The Balaban J connectivity index is 1.64. The van der Waals surface area contributed by atoms with Gasteiger partial charge in [-0.05, 0) is 42.5 Å². The molecule has 120 valence electrons. The Bertz CT molecular complexity index is 736. The molecule has 2 aromatic carbocycles. The van der Waals surface area contributed by atoms with Crippen molar-refractivity contribution >= 4 is 0 Å². The van der Waals surface area contributed by atoms with E-state index in [4.69, 9.17) is 9.47 Å². The van der Waals surface area contributed by atoms with Gasteiger partial charge in [0.05, 0.1) is 6.61 Å². The van der Waals surface area contributed by atoms with Gasteiger partial charge in [0, 0.05) is 11.1 Å². The molecule has 23 heavy (non-hydrogen) atoms. The number of hydrogen-bond donors (Lipinski definition) is 0. The van der Waals surface area contributed by atoms with Crippen molar-refractivity contribution in [1.82, 2.24) is 0 Å². The number of halogens is 2. The van der Waals surface area contributed by atoms with E-state index in [1.54, 1.807) is 24.3 Å². The molecule has 0 bridgehead atoms. The van der Waals surface area contributed by atoms with E-state index in [1.807, 2.05) is 0 Å². The quantitative estimate of drug-likeness (QED) is 0.785. The predicted molar refractivity (Wildman–Crippen MR) is 83.6 cm³/mol. The molecule has 0 amide bonds. The van der Waals surface area contributed by atoms with Crippen LogP contribution in [0.15, 0.2) is 30.3 Å². The fourth-order valence-electron chi connectivity index (χ4n) is 3.50. The molecule has 0 aromatic heterocycles.